The Bertz CT molecular complexity index is 1690. The number of nitrogens with two attached hydrogens (primary N) is 1. The molecule has 0 fully saturated rings. The maximum Gasteiger partial charge on any atom is 0.0261 e. The molecule has 0 aromatic heterocycles. The molecule has 0 heterocycles. The summed E-state index contributed by atoms with van der Waals surface area (Å²) < 4.78 is 0. The summed E-state index contributed by atoms with van der Waals surface area (Å²) in [5.41, 5.74) is 16.0. The summed E-state index contributed by atoms with van der Waals surface area (Å²) in [6.07, 6.45) is 12.0. The van der Waals surface area contributed by atoms with Gasteiger partial charge in [0.15, 0.2) is 0 Å². The Balaban J connectivity index is 0.00000198. The lowest BCUT2D eigenvalue weighted by molar-refractivity contribution is 0.824. The third kappa shape index (κ3) is 6.70. The molecule has 0 aliphatic rings. The molecule has 5 aromatic rings. The van der Waals surface area contributed by atoms with Gasteiger partial charge in [-0.25, -0.2) is 0 Å². The molecule has 1 heteroatoms. The summed E-state index contributed by atoms with van der Waals surface area (Å²) in [7, 11) is 0. The molecule has 0 radical (unpaired) electrons. The lowest BCUT2D eigenvalue weighted by atomic mass is 9.85. The predicted molar refractivity (Wildman–Crippen MR) is 189 cm³/mol. The van der Waals surface area contributed by atoms with E-state index in [1.54, 1.807) is 0 Å². The molecule has 0 aliphatic carbocycles. The largest absolute Gasteiger partial charge is 0.324 e. The van der Waals surface area contributed by atoms with Crippen LogP contribution in [0.1, 0.15) is 50.3 Å². The van der Waals surface area contributed by atoms with Gasteiger partial charge in [0.1, 0.15) is 0 Å². The van der Waals surface area contributed by atoms with E-state index in [1.807, 2.05) is 26.0 Å². The van der Waals surface area contributed by atoms with Crippen LogP contribution in [0.2, 0.25) is 0 Å². The molecule has 1 unspecified atom stereocenters. The van der Waals surface area contributed by atoms with E-state index in [4.69, 9.17) is 5.73 Å². The Labute approximate surface area is 252 Å². The lowest BCUT2D eigenvalue weighted by Crippen LogP contribution is -2.15. The van der Waals surface area contributed by atoms with Crippen LogP contribution < -0.4 is 5.73 Å². The number of hydrogen-bond acceptors (Lipinski definition) is 1. The molecule has 0 saturated heterocycles. The first kappa shape index (κ1) is 30.5. The molecule has 0 amide bonds. The molecule has 1 atom stereocenters. The summed E-state index contributed by atoms with van der Waals surface area (Å²) in [5.74, 6) is 0. The van der Waals surface area contributed by atoms with Gasteiger partial charge in [-0.15, -0.1) is 6.58 Å². The average Bonchev–Trinajstić information content (AvgIpc) is 3.01. The number of allylic oxidation sites excluding steroid dienone is 2. The number of benzene rings is 5. The van der Waals surface area contributed by atoms with Crippen molar-refractivity contribution in [1.29, 1.82) is 0 Å². The SMILES string of the molecule is C=CCC(N)/C=C(\C)C/C=C\c1cc(-c2c3ccccc3c(-c3ccc(C)cc3)c3ccccc23)ccc1C=C.CC. The van der Waals surface area contributed by atoms with Crippen LogP contribution in [0.4, 0.5) is 0 Å². The molecule has 0 saturated carbocycles. The van der Waals surface area contributed by atoms with Crippen molar-refractivity contribution >= 4 is 33.7 Å². The first-order valence-corrected chi connectivity index (χ1v) is 15.0. The molecule has 5 rings (SSSR count). The van der Waals surface area contributed by atoms with Gasteiger partial charge in [0, 0.05) is 6.04 Å². The summed E-state index contributed by atoms with van der Waals surface area (Å²) in [6.45, 7) is 16.1. The van der Waals surface area contributed by atoms with E-state index < -0.39 is 0 Å². The Hall–Kier alpha value is -4.46. The van der Waals surface area contributed by atoms with Crippen molar-refractivity contribution in [3.63, 3.8) is 0 Å². The van der Waals surface area contributed by atoms with Gasteiger partial charge in [-0.1, -0.05) is 147 Å². The number of aryl methyl sites for hydroxylation is 1. The quantitative estimate of drug-likeness (QED) is 0.144. The van der Waals surface area contributed by atoms with E-state index >= 15 is 0 Å². The van der Waals surface area contributed by atoms with Crippen molar-refractivity contribution in [3.8, 4) is 22.3 Å². The lowest BCUT2D eigenvalue weighted by Gasteiger charge is -2.18. The summed E-state index contributed by atoms with van der Waals surface area (Å²) in [5, 5.41) is 5.05. The van der Waals surface area contributed by atoms with E-state index in [9.17, 15) is 0 Å². The molecular formula is C41H43N. The van der Waals surface area contributed by atoms with Gasteiger partial charge in [-0.3, -0.25) is 0 Å². The number of hydrogen-bond donors (Lipinski definition) is 1. The van der Waals surface area contributed by atoms with Crippen molar-refractivity contribution in [2.75, 3.05) is 0 Å². The minimum absolute atomic E-state index is 0.0161. The number of rotatable bonds is 9. The van der Waals surface area contributed by atoms with Crippen LogP contribution in [0.5, 0.6) is 0 Å². The van der Waals surface area contributed by atoms with Crippen molar-refractivity contribution in [1.82, 2.24) is 0 Å². The topological polar surface area (TPSA) is 26.0 Å². The second-order valence-corrected chi connectivity index (χ2v) is 10.6. The highest BCUT2D eigenvalue weighted by molar-refractivity contribution is 6.21. The van der Waals surface area contributed by atoms with Gasteiger partial charge in [0.05, 0.1) is 0 Å². The molecular weight excluding hydrogens is 506 g/mol. The van der Waals surface area contributed by atoms with E-state index in [1.165, 1.54) is 54.9 Å². The fourth-order valence-electron chi connectivity index (χ4n) is 5.60. The third-order valence-electron chi connectivity index (χ3n) is 7.54. The average molecular weight is 550 g/mol. The van der Waals surface area contributed by atoms with Crippen molar-refractivity contribution < 1.29 is 0 Å². The van der Waals surface area contributed by atoms with Crippen molar-refractivity contribution in [3.05, 3.63) is 145 Å². The first-order valence-electron chi connectivity index (χ1n) is 15.0. The predicted octanol–water partition coefficient (Wildman–Crippen LogP) is 11.6. The highest BCUT2D eigenvalue weighted by Crippen LogP contribution is 2.44. The van der Waals surface area contributed by atoms with Gasteiger partial charge in [0.2, 0.25) is 0 Å². The van der Waals surface area contributed by atoms with Crippen LogP contribution in [0.25, 0.3) is 56.0 Å². The number of fused-ring (bicyclic) bond motifs is 2. The van der Waals surface area contributed by atoms with E-state index in [2.05, 4.69) is 136 Å². The molecule has 0 spiro atoms. The van der Waals surface area contributed by atoms with Gasteiger partial charge in [-0.2, -0.15) is 0 Å². The molecule has 1 nitrogen and oxygen atoms in total. The molecule has 2 N–H and O–H groups in total. The second kappa shape index (κ2) is 14.4. The Morgan fingerprint density at radius 1 is 0.738 bits per heavy atom. The van der Waals surface area contributed by atoms with Gasteiger partial charge >= 0.3 is 0 Å². The smallest absolute Gasteiger partial charge is 0.0261 e. The monoisotopic (exact) mass is 549 g/mol. The highest BCUT2D eigenvalue weighted by Gasteiger charge is 2.16. The normalized spacial score (nSPS) is 12.3. The fraction of sp³-hybridized carbons (Fsp3) is 0.171. The zero-order valence-corrected chi connectivity index (χ0v) is 25.5. The zero-order valence-electron chi connectivity index (χ0n) is 25.5. The molecule has 0 aliphatic heterocycles. The van der Waals surface area contributed by atoms with Crippen LogP contribution in [0.15, 0.2) is 128 Å². The Morgan fingerprint density at radius 2 is 1.26 bits per heavy atom. The van der Waals surface area contributed by atoms with Crippen molar-refractivity contribution in [2.45, 2.75) is 46.6 Å². The van der Waals surface area contributed by atoms with Crippen molar-refractivity contribution in [2.24, 2.45) is 5.73 Å². The van der Waals surface area contributed by atoms with E-state index in [0.717, 1.165) is 24.0 Å². The van der Waals surface area contributed by atoms with Crippen LogP contribution in [0.3, 0.4) is 0 Å². The van der Waals surface area contributed by atoms with Gasteiger partial charge in [0.25, 0.3) is 0 Å². The Kier molecular flexibility index (Phi) is 10.5. The molecule has 212 valence electrons. The van der Waals surface area contributed by atoms with Crippen LogP contribution >= 0.6 is 0 Å². The minimum Gasteiger partial charge on any atom is -0.324 e. The first-order chi connectivity index (χ1) is 20.5. The Morgan fingerprint density at radius 3 is 1.79 bits per heavy atom. The maximum atomic E-state index is 6.16. The van der Waals surface area contributed by atoms with Gasteiger partial charge in [-0.05, 0) is 87.7 Å². The van der Waals surface area contributed by atoms with Crippen LogP contribution in [-0.4, -0.2) is 6.04 Å². The van der Waals surface area contributed by atoms with E-state index in [-0.39, 0.29) is 6.04 Å². The van der Waals surface area contributed by atoms with Crippen LogP contribution in [0, 0.1) is 6.92 Å². The summed E-state index contributed by atoms with van der Waals surface area (Å²) in [4.78, 5) is 0. The molecule has 0 bridgehead atoms. The summed E-state index contributed by atoms with van der Waals surface area (Å²) >= 11 is 0. The molecule has 42 heavy (non-hydrogen) atoms. The van der Waals surface area contributed by atoms with Crippen LogP contribution in [-0.2, 0) is 0 Å². The second-order valence-electron chi connectivity index (χ2n) is 10.6. The highest BCUT2D eigenvalue weighted by atomic mass is 14.6. The van der Waals surface area contributed by atoms with E-state index in [0.29, 0.717) is 0 Å². The maximum absolute atomic E-state index is 6.16. The zero-order chi connectivity index (χ0) is 30.1. The molecule has 5 aromatic carbocycles. The fourth-order valence-corrected chi connectivity index (χ4v) is 5.60. The third-order valence-corrected chi connectivity index (χ3v) is 7.54. The summed E-state index contributed by atoms with van der Waals surface area (Å²) in [6, 6.07) is 33.2. The van der Waals surface area contributed by atoms with Gasteiger partial charge < -0.3 is 5.73 Å². The standard InChI is InChI=1S/C39H37N.C2H6/c1-5-12-33(40)25-28(4)13-11-14-31-26-32(24-23-29(31)6-2)39-36-17-9-7-15-34(36)38(30-21-19-27(3)20-22-30)35-16-8-10-18-37(35)39;1-2/h5-11,14-26,33H,1-2,12-13,40H2,3-4H3;1-2H3/b14-11-,28-25+;. The minimum atomic E-state index is 0.0161.